The molecule has 0 aliphatic rings. The van der Waals surface area contributed by atoms with Gasteiger partial charge < -0.3 is 14.8 Å². The van der Waals surface area contributed by atoms with E-state index in [9.17, 15) is 9.59 Å². The number of aromatic nitrogens is 2. The summed E-state index contributed by atoms with van der Waals surface area (Å²) in [4.78, 5) is 22.4. The second kappa shape index (κ2) is 5.96. The molecular weight excluding hydrogens is 262 g/mol. The molecule has 0 saturated heterocycles. The number of benzene rings is 1. The number of carboxylic acid groups (broad SMARTS) is 1. The van der Waals surface area contributed by atoms with E-state index < -0.39 is 12.0 Å². The number of hydrogen-bond acceptors (Lipinski definition) is 5. The Labute approximate surface area is 114 Å². The lowest BCUT2D eigenvalue weighted by Crippen LogP contribution is -2.34. The van der Waals surface area contributed by atoms with E-state index in [0.29, 0.717) is 17.0 Å². The maximum absolute atomic E-state index is 11.9. The molecule has 2 rings (SSSR count). The SMILES string of the molecule is CC(CC(=O)O)NC(=O)c1ccc(-c2nnco2)cc1. The van der Waals surface area contributed by atoms with Crippen LogP contribution in [-0.4, -0.2) is 33.2 Å². The number of carbonyl (C=O) groups excluding carboxylic acids is 1. The molecule has 7 heteroatoms. The number of nitrogens with zero attached hydrogens (tertiary/aromatic N) is 2. The molecule has 0 fully saturated rings. The molecule has 1 heterocycles. The van der Waals surface area contributed by atoms with Crippen LogP contribution in [0.5, 0.6) is 0 Å². The van der Waals surface area contributed by atoms with Crippen LogP contribution in [0.2, 0.25) is 0 Å². The number of hydrogen-bond donors (Lipinski definition) is 2. The summed E-state index contributed by atoms with van der Waals surface area (Å²) in [7, 11) is 0. The topological polar surface area (TPSA) is 105 Å². The highest BCUT2D eigenvalue weighted by molar-refractivity contribution is 5.94. The Kier molecular flexibility index (Phi) is 4.09. The normalized spacial score (nSPS) is 11.8. The number of carbonyl (C=O) groups is 2. The summed E-state index contributed by atoms with van der Waals surface area (Å²) in [5.74, 6) is -0.906. The maximum atomic E-state index is 11.9. The Bertz CT molecular complexity index is 593. The molecule has 0 bridgehead atoms. The van der Waals surface area contributed by atoms with Crippen molar-refractivity contribution < 1.29 is 19.1 Å². The van der Waals surface area contributed by atoms with Gasteiger partial charge in [-0.3, -0.25) is 9.59 Å². The van der Waals surface area contributed by atoms with Crippen LogP contribution in [0, 0.1) is 0 Å². The number of nitrogens with one attached hydrogen (secondary N) is 1. The minimum Gasteiger partial charge on any atom is -0.481 e. The van der Waals surface area contributed by atoms with Gasteiger partial charge in [-0.05, 0) is 31.2 Å². The fourth-order valence-electron chi connectivity index (χ4n) is 1.68. The van der Waals surface area contributed by atoms with Crippen molar-refractivity contribution in [3.8, 4) is 11.5 Å². The average molecular weight is 275 g/mol. The Hall–Kier alpha value is -2.70. The molecule has 0 saturated carbocycles. The van der Waals surface area contributed by atoms with Crippen molar-refractivity contribution in [2.75, 3.05) is 0 Å². The molecular formula is C13H13N3O4. The number of carboxylic acids is 1. The highest BCUT2D eigenvalue weighted by Gasteiger charge is 2.13. The molecule has 7 nitrogen and oxygen atoms in total. The van der Waals surface area contributed by atoms with Crippen molar-refractivity contribution in [3.63, 3.8) is 0 Å². The minimum absolute atomic E-state index is 0.119. The number of aliphatic carboxylic acids is 1. The molecule has 0 aliphatic heterocycles. The Morgan fingerprint density at radius 2 is 2.05 bits per heavy atom. The van der Waals surface area contributed by atoms with Crippen molar-refractivity contribution in [2.24, 2.45) is 0 Å². The van der Waals surface area contributed by atoms with Crippen molar-refractivity contribution in [1.82, 2.24) is 15.5 Å². The van der Waals surface area contributed by atoms with Gasteiger partial charge >= 0.3 is 5.97 Å². The average Bonchev–Trinajstić information content (AvgIpc) is 2.91. The third-order valence-corrected chi connectivity index (χ3v) is 2.61. The predicted molar refractivity (Wildman–Crippen MR) is 68.9 cm³/mol. The summed E-state index contributed by atoms with van der Waals surface area (Å²) in [6, 6.07) is 6.16. The van der Waals surface area contributed by atoms with Gasteiger partial charge in [0.25, 0.3) is 5.91 Å². The van der Waals surface area contributed by atoms with Gasteiger partial charge in [-0.15, -0.1) is 10.2 Å². The Balaban J connectivity index is 2.02. The first-order valence-electron chi connectivity index (χ1n) is 5.95. The van der Waals surface area contributed by atoms with Crippen LogP contribution >= 0.6 is 0 Å². The first kappa shape index (κ1) is 13.7. The van der Waals surface area contributed by atoms with E-state index in [1.807, 2.05) is 0 Å². The summed E-state index contributed by atoms with van der Waals surface area (Å²) >= 11 is 0. The second-order valence-electron chi connectivity index (χ2n) is 4.29. The fourth-order valence-corrected chi connectivity index (χ4v) is 1.68. The lowest BCUT2D eigenvalue weighted by Gasteiger charge is -2.11. The summed E-state index contributed by atoms with van der Waals surface area (Å²) < 4.78 is 5.04. The van der Waals surface area contributed by atoms with E-state index in [1.54, 1.807) is 31.2 Å². The zero-order valence-electron chi connectivity index (χ0n) is 10.7. The Morgan fingerprint density at radius 3 is 2.60 bits per heavy atom. The predicted octanol–water partition coefficient (Wildman–Crippen LogP) is 1.33. The monoisotopic (exact) mass is 275 g/mol. The van der Waals surface area contributed by atoms with E-state index in [1.165, 1.54) is 6.39 Å². The molecule has 1 aromatic carbocycles. The lowest BCUT2D eigenvalue weighted by atomic mass is 10.1. The van der Waals surface area contributed by atoms with Crippen LogP contribution in [0.1, 0.15) is 23.7 Å². The summed E-state index contributed by atoms with van der Waals surface area (Å²) in [6.45, 7) is 1.64. The van der Waals surface area contributed by atoms with Gasteiger partial charge in [-0.25, -0.2) is 0 Å². The molecule has 1 unspecified atom stereocenters. The van der Waals surface area contributed by atoms with Gasteiger partial charge in [0, 0.05) is 17.2 Å². The molecule has 1 amide bonds. The van der Waals surface area contributed by atoms with Crippen molar-refractivity contribution >= 4 is 11.9 Å². The smallest absolute Gasteiger partial charge is 0.305 e. The molecule has 2 N–H and O–H groups in total. The molecule has 2 aromatic rings. The standard InChI is InChI=1S/C13H13N3O4/c1-8(6-11(17)18)15-12(19)9-2-4-10(5-3-9)13-16-14-7-20-13/h2-5,7-8H,6H2,1H3,(H,15,19)(H,17,18). The van der Waals surface area contributed by atoms with Gasteiger partial charge in [-0.2, -0.15) is 0 Å². The largest absolute Gasteiger partial charge is 0.481 e. The van der Waals surface area contributed by atoms with Crippen LogP contribution in [0.15, 0.2) is 35.1 Å². The van der Waals surface area contributed by atoms with E-state index >= 15 is 0 Å². The van der Waals surface area contributed by atoms with Crippen LogP contribution in [0.4, 0.5) is 0 Å². The first-order valence-corrected chi connectivity index (χ1v) is 5.95. The summed E-state index contributed by atoms with van der Waals surface area (Å²) in [5, 5.41) is 18.6. The third kappa shape index (κ3) is 3.41. The van der Waals surface area contributed by atoms with Gasteiger partial charge in [0.05, 0.1) is 6.42 Å². The molecule has 0 spiro atoms. The van der Waals surface area contributed by atoms with Crippen molar-refractivity contribution in [3.05, 3.63) is 36.2 Å². The molecule has 104 valence electrons. The molecule has 1 aromatic heterocycles. The van der Waals surface area contributed by atoms with Gasteiger partial charge in [0.1, 0.15) is 0 Å². The van der Waals surface area contributed by atoms with Gasteiger partial charge in [0.2, 0.25) is 12.3 Å². The fraction of sp³-hybridized carbons (Fsp3) is 0.231. The van der Waals surface area contributed by atoms with E-state index in [0.717, 1.165) is 0 Å². The number of amides is 1. The lowest BCUT2D eigenvalue weighted by molar-refractivity contribution is -0.137. The van der Waals surface area contributed by atoms with Crippen molar-refractivity contribution in [1.29, 1.82) is 0 Å². The van der Waals surface area contributed by atoms with Crippen LogP contribution < -0.4 is 5.32 Å². The van der Waals surface area contributed by atoms with Gasteiger partial charge in [0.15, 0.2) is 0 Å². The third-order valence-electron chi connectivity index (χ3n) is 2.61. The molecule has 1 atom stereocenters. The van der Waals surface area contributed by atoms with Crippen molar-refractivity contribution in [2.45, 2.75) is 19.4 Å². The number of rotatable bonds is 5. The highest BCUT2D eigenvalue weighted by atomic mass is 16.4. The Morgan fingerprint density at radius 1 is 1.35 bits per heavy atom. The van der Waals surface area contributed by atoms with Crippen LogP contribution in [0.25, 0.3) is 11.5 Å². The molecule has 0 radical (unpaired) electrons. The van der Waals surface area contributed by atoms with E-state index in [4.69, 9.17) is 9.52 Å². The van der Waals surface area contributed by atoms with Crippen LogP contribution in [-0.2, 0) is 4.79 Å². The van der Waals surface area contributed by atoms with E-state index in [-0.39, 0.29) is 12.3 Å². The van der Waals surface area contributed by atoms with Crippen LogP contribution in [0.3, 0.4) is 0 Å². The molecule has 0 aliphatic carbocycles. The second-order valence-corrected chi connectivity index (χ2v) is 4.29. The molecule has 20 heavy (non-hydrogen) atoms. The first-order chi connectivity index (χ1) is 9.56. The zero-order chi connectivity index (χ0) is 14.5. The van der Waals surface area contributed by atoms with Gasteiger partial charge in [-0.1, -0.05) is 0 Å². The summed E-state index contributed by atoms with van der Waals surface area (Å²) in [6.07, 6.45) is 1.11. The highest BCUT2D eigenvalue weighted by Crippen LogP contribution is 2.16. The quantitative estimate of drug-likeness (QED) is 0.852. The van der Waals surface area contributed by atoms with E-state index in [2.05, 4.69) is 15.5 Å². The zero-order valence-corrected chi connectivity index (χ0v) is 10.7. The maximum Gasteiger partial charge on any atom is 0.305 e. The summed E-state index contributed by atoms with van der Waals surface area (Å²) in [5.41, 5.74) is 1.14. The minimum atomic E-state index is -0.954.